The first-order valence-corrected chi connectivity index (χ1v) is 7.10. The Hall–Kier alpha value is -2.61. The summed E-state index contributed by atoms with van der Waals surface area (Å²) in [7, 11) is 0. The van der Waals surface area contributed by atoms with Crippen molar-refractivity contribution in [2.75, 3.05) is 0 Å². The van der Waals surface area contributed by atoms with Gasteiger partial charge in [0.15, 0.2) is 0 Å². The van der Waals surface area contributed by atoms with Gasteiger partial charge in [-0.25, -0.2) is 0 Å². The fourth-order valence-corrected chi connectivity index (χ4v) is 3.12. The first-order valence-electron chi connectivity index (χ1n) is 7.10. The van der Waals surface area contributed by atoms with Gasteiger partial charge in [0.05, 0.1) is 6.42 Å². The normalized spacial score (nSPS) is 17.3. The SMILES string of the molecule is O=C1CC(c2ccc3cccccc2-3)c2ccccc2O1. The molecule has 2 heteroatoms. The quantitative estimate of drug-likeness (QED) is 0.490. The van der Waals surface area contributed by atoms with E-state index in [1.54, 1.807) is 0 Å². The number of benzene rings is 1. The smallest absolute Gasteiger partial charge is 0.312 e. The van der Waals surface area contributed by atoms with E-state index in [1.165, 1.54) is 16.7 Å². The largest absolute Gasteiger partial charge is 0.426 e. The van der Waals surface area contributed by atoms with Crippen molar-refractivity contribution in [1.82, 2.24) is 0 Å². The third kappa shape index (κ3) is 2.00. The molecule has 0 saturated heterocycles. The molecule has 4 rings (SSSR count). The molecule has 1 aliphatic heterocycles. The molecule has 21 heavy (non-hydrogen) atoms. The van der Waals surface area contributed by atoms with Crippen LogP contribution in [0.4, 0.5) is 0 Å². The molecular formula is C19H14O2. The Labute approximate surface area is 123 Å². The highest BCUT2D eigenvalue weighted by molar-refractivity contribution is 5.80. The van der Waals surface area contributed by atoms with Crippen molar-refractivity contribution in [3.8, 4) is 16.9 Å². The Morgan fingerprint density at radius 3 is 2.57 bits per heavy atom. The number of hydrogen-bond donors (Lipinski definition) is 0. The van der Waals surface area contributed by atoms with Crippen molar-refractivity contribution >= 4 is 5.97 Å². The number of esters is 1. The van der Waals surface area contributed by atoms with E-state index >= 15 is 0 Å². The van der Waals surface area contributed by atoms with Crippen LogP contribution in [0.15, 0.2) is 66.7 Å². The highest BCUT2D eigenvalue weighted by atomic mass is 16.5. The highest BCUT2D eigenvalue weighted by Crippen LogP contribution is 2.43. The second kappa shape index (κ2) is 4.74. The number of hydrogen-bond acceptors (Lipinski definition) is 2. The Kier molecular flexibility index (Phi) is 2.74. The molecular weight excluding hydrogens is 260 g/mol. The standard InChI is InChI=1S/C19H14O2/c20-19-12-17(16-8-4-5-9-18(16)21-19)15-11-10-13-6-2-1-3-7-14(13)15/h1-11,17H,12H2. The van der Waals surface area contributed by atoms with Crippen molar-refractivity contribution in [1.29, 1.82) is 0 Å². The van der Waals surface area contributed by atoms with Gasteiger partial charge in [-0.3, -0.25) is 4.79 Å². The molecule has 3 aliphatic rings. The van der Waals surface area contributed by atoms with Crippen LogP contribution in [0.25, 0.3) is 11.1 Å². The number of carbonyl (C=O) groups is 1. The summed E-state index contributed by atoms with van der Waals surface area (Å²) in [6.07, 6.45) is 0.398. The number of ether oxygens (including phenoxy) is 1. The van der Waals surface area contributed by atoms with Gasteiger partial charge in [-0.2, -0.15) is 0 Å². The minimum absolute atomic E-state index is 0.0716. The summed E-state index contributed by atoms with van der Waals surface area (Å²) in [5.41, 5.74) is 4.70. The van der Waals surface area contributed by atoms with Crippen molar-refractivity contribution in [2.45, 2.75) is 12.3 Å². The zero-order chi connectivity index (χ0) is 14.2. The van der Waals surface area contributed by atoms with Gasteiger partial charge in [0.1, 0.15) is 5.75 Å². The summed E-state index contributed by atoms with van der Waals surface area (Å²) in [5.74, 6) is 0.601. The van der Waals surface area contributed by atoms with Gasteiger partial charge in [0.2, 0.25) is 0 Å². The van der Waals surface area contributed by atoms with Gasteiger partial charge in [0, 0.05) is 11.5 Å². The maximum atomic E-state index is 11.9. The minimum Gasteiger partial charge on any atom is -0.426 e. The third-order valence-electron chi connectivity index (χ3n) is 4.09. The van der Waals surface area contributed by atoms with Crippen LogP contribution in [0.1, 0.15) is 23.5 Å². The Morgan fingerprint density at radius 2 is 1.62 bits per heavy atom. The van der Waals surface area contributed by atoms with E-state index in [4.69, 9.17) is 4.74 Å². The van der Waals surface area contributed by atoms with E-state index in [0.29, 0.717) is 12.2 Å². The lowest BCUT2D eigenvalue weighted by Crippen LogP contribution is -2.20. The van der Waals surface area contributed by atoms with Crippen LogP contribution in [0, 0.1) is 0 Å². The molecule has 102 valence electrons. The summed E-state index contributed by atoms with van der Waals surface area (Å²) < 4.78 is 5.35. The van der Waals surface area contributed by atoms with Gasteiger partial charge in [0.25, 0.3) is 0 Å². The van der Waals surface area contributed by atoms with Crippen LogP contribution in [0.5, 0.6) is 5.75 Å². The van der Waals surface area contributed by atoms with Crippen molar-refractivity contribution in [2.24, 2.45) is 0 Å². The zero-order valence-corrected chi connectivity index (χ0v) is 11.5. The summed E-state index contributed by atoms with van der Waals surface area (Å²) in [6, 6.07) is 22.4. The summed E-state index contributed by atoms with van der Waals surface area (Å²) in [4.78, 5) is 11.9. The molecule has 1 aromatic rings. The van der Waals surface area contributed by atoms with E-state index in [9.17, 15) is 4.79 Å². The molecule has 0 aromatic heterocycles. The fourth-order valence-electron chi connectivity index (χ4n) is 3.12. The van der Waals surface area contributed by atoms with Crippen LogP contribution < -0.4 is 4.74 Å². The monoisotopic (exact) mass is 274 g/mol. The number of fused-ring (bicyclic) bond motifs is 2. The van der Waals surface area contributed by atoms with Crippen LogP contribution in [-0.2, 0) is 4.79 Å². The Balaban J connectivity index is 1.89. The molecule has 2 nitrogen and oxygen atoms in total. The van der Waals surface area contributed by atoms with E-state index in [2.05, 4.69) is 24.3 Å². The Bertz CT molecular complexity index is 791. The summed E-state index contributed by atoms with van der Waals surface area (Å²) >= 11 is 0. The molecule has 0 amide bonds. The molecule has 1 unspecified atom stereocenters. The second-order valence-electron chi connectivity index (χ2n) is 5.34. The molecule has 0 spiro atoms. The van der Waals surface area contributed by atoms with E-state index < -0.39 is 0 Å². The minimum atomic E-state index is -0.159. The number of para-hydroxylation sites is 1. The fraction of sp³-hybridized carbons (Fsp3) is 0.105. The first kappa shape index (κ1) is 12.2. The lowest BCUT2D eigenvalue weighted by molar-refractivity contribution is -0.135. The van der Waals surface area contributed by atoms with Crippen molar-refractivity contribution < 1.29 is 9.53 Å². The van der Waals surface area contributed by atoms with E-state index in [-0.39, 0.29) is 11.9 Å². The maximum Gasteiger partial charge on any atom is 0.312 e. The average molecular weight is 274 g/mol. The molecule has 0 fully saturated rings. The molecule has 1 aromatic carbocycles. The number of carbonyl (C=O) groups excluding carboxylic acids is 1. The average Bonchev–Trinajstić information content (AvgIpc) is 2.74. The van der Waals surface area contributed by atoms with E-state index in [1.807, 2.05) is 42.5 Å². The third-order valence-corrected chi connectivity index (χ3v) is 4.09. The van der Waals surface area contributed by atoms with Crippen LogP contribution in [0.3, 0.4) is 0 Å². The molecule has 1 heterocycles. The summed E-state index contributed by atoms with van der Waals surface area (Å²) in [6.45, 7) is 0. The molecule has 1 atom stereocenters. The lowest BCUT2D eigenvalue weighted by atomic mass is 9.85. The predicted molar refractivity (Wildman–Crippen MR) is 81.6 cm³/mol. The van der Waals surface area contributed by atoms with Crippen LogP contribution >= 0.6 is 0 Å². The van der Waals surface area contributed by atoms with E-state index in [0.717, 1.165) is 5.56 Å². The molecule has 2 aliphatic carbocycles. The number of rotatable bonds is 1. The first-order chi connectivity index (χ1) is 10.3. The van der Waals surface area contributed by atoms with Crippen molar-refractivity contribution in [3.63, 3.8) is 0 Å². The van der Waals surface area contributed by atoms with Gasteiger partial charge in [-0.1, -0.05) is 60.7 Å². The molecule has 0 N–H and O–H groups in total. The van der Waals surface area contributed by atoms with Crippen LogP contribution in [0.2, 0.25) is 0 Å². The predicted octanol–water partition coefficient (Wildman–Crippen LogP) is 4.23. The highest BCUT2D eigenvalue weighted by Gasteiger charge is 2.30. The van der Waals surface area contributed by atoms with Gasteiger partial charge < -0.3 is 4.74 Å². The van der Waals surface area contributed by atoms with Crippen LogP contribution in [-0.4, -0.2) is 5.97 Å². The molecule has 0 bridgehead atoms. The maximum absolute atomic E-state index is 11.9. The molecule has 0 saturated carbocycles. The Morgan fingerprint density at radius 1 is 0.810 bits per heavy atom. The van der Waals surface area contributed by atoms with Gasteiger partial charge in [-0.15, -0.1) is 0 Å². The second-order valence-corrected chi connectivity index (χ2v) is 5.34. The zero-order valence-electron chi connectivity index (χ0n) is 11.5. The van der Waals surface area contributed by atoms with Crippen molar-refractivity contribution in [3.05, 3.63) is 77.9 Å². The topological polar surface area (TPSA) is 26.3 Å². The van der Waals surface area contributed by atoms with Gasteiger partial charge >= 0.3 is 5.97 Å². The summed E-state index contributed by atoms with van der Waals surface area (Å²) in [5, 5.41) is 0. The molecule has 0 radical (unpaired) electrons. The van der Waals surface area contributed by atoms with Gasteiger partial charge in [-0.05, 0) is 22.8 Å². The lowest BCUT2D eigenvalue weighted by Gasteiger charge is -2.24.